The fourth-order valence-corrected chi connectivity index (χ4v) is 4.12. The molecule has 1 fully saturated rings. The number of likely N-dealkylation sites (N-methyl/N-ethyl adjacent to an activating group) is 1. The Morgan fingerprint density at radius 2 is 1.95 bits per heavy atom. The zero-order valence-electron chi connectivity index (χ0n) is 13.6. The second-order valence-electron chi connectivity index (χ2n) is 5.87. The molecule has 1 aliphatic heterocycles. The number of methoxy groups -OCH3 is 1. The summed E-state index contributed by atoms with van der Waals surface area (Å²) in [5.41, 5.74) is 1.01. The predicted molar refractivity (Wildman–Crippen MR) is 87.1 cm³/mol. The Bertz CT molecular complexity index is 604. The molecule has 0 saturated carbocycles. The minimum Gasteiger partial charge on any atom is -0.496 e. The highest BCUT2D eigenvalue weighted by molar-refractivity contribution is 7.87. The van der Waals surface area contributed by atoms with E-state index in [2.05, 4.69) is 9.62 Å². The van der Waals surface area contributed by atoms with E-state index in [4.69, 9.17) is 4.74 Å². The van der Waals surface area contributed by atoms with Crippen LogP contribution in [-0.2, 0) is 10.2 Å². The van der Waals surface area contributed by atoms with Crippen molar-refractivity contribution in [1.82, 2.24) is 13.9 Å². The number of benzene rings is 1. The molecule has 0 amide bonds. The molecule has 1 unspecified atom stereocenters. The third kappa shape index (κ3) is 3.78. The number of nitrogens with one attached hydrogen (secondary N) is 1. The number of para-hydroxylation sites is 1. The topological polar surface area (TPSA) is 61.9 Å². The van der Waals surface area contributed by atoms with Crippen molar-refractivity contribution < 1.29 is 13.2 Å². The van der Waals surface area contributed by atoms with Gasteiger partial charge in [-0.25, -0.2) is 0 Å². The van der Waals surface area contributed by atoms with E-state index in [1.807, 2.05) is 45.2 Å². The molecule has 0 aromatic heterocycles. The van der Waals surface area contributed by atoms with Crippen LogP contribution in [0.1, 0.15) is 25.5 Å². The first kappa shape index (κ1) is 17.2. The fourth-order valence-electron chi connectivity index (χ4n) is 2.72. The van der Waals surface area contributed by atoms with Gasteiger partial charge in [-0.05, 0) is 27.0 Å². The fraction of sp³-hybridized carbons (Fsp3) is 0.600. The highest BCUT2D eigenvalue weighted by atomic mass is 32.2. The lowest BCUT2D eigenvalue weighted by molar-refractivity contribution is 0.144. The maximum atomic E-state index is 12.4. The summed E-state index contributed by atoms with van der Waals surface area (Å²) in [6, 6.07) is 7.63. The van der Waals surface area contributed by atoms with Crippen molar-refractivity contribution in [3.8, 4) is 5.75 Å². The first-order chi connectivity index (χ1) is 10.3. The number of hydrogen-bond donors (Lipinski definition) is 1. The lowest BCUT2D eigenvalue weighted by Crippen LogP contribution is -2.53. The molecule has 22 heavy (non-hydrogen) atoms. The second kappa shape index (κ2) is 6.95. The van der Waals surface area contributed by atoms with E-state index in [-0.39, 0.29) is 12.1 Å². The van der Waals surface area contributed by atoms with Gasteiger partial charge in [0, 0.05) is 31.2 Å². The molecular formula is C15H25N3O3S. The highest BCUT2D eigenvalue weighted by Gasteiger charge is 2.33. The first-order valence-corrected chi connectivity index (χ1v) is 8.89. The summed E-state index contributed by atoms with van der Waals surface area (Å²) >= 11 is 0. The zero-order chi connectivity index (χ0) is 16.3. The molecule has 6 nitrogen and oxygen atoms in total. The quantitative estimate of drug-likeness (QED) is 0.883. The molecule has 0 aliphatic carbocycles. The van der Waals surface area contributed by atoms with Crippen LogP contribution < -0.4 is 9.46 Å². The Morgan fingerprint density at radius 3 is 2.59 bits per heavy atom. The molecule has 1 heterocycles. The Balaban J connectivity index is 2.25. The highest BCUT2D eigenvalue weighted by Crippen LogP contribution is 2.31. The van der Waals surface area contributed by atoms with Gasteiger partial charge >= 0.3 is 0 Å². The molecule has 1 aliphatic rings. The molecule has 124 valence electrons. The summed E-state index contributed by atoms with van der Waals surface area (Å²) < 4.78 is 34.4. The largest absolute Gasteiger partial charge is 0.496 e. The Labute approximate surface area is 133 Å². The molecular weight excluding hydrogens is 302 g/mol. The Morgan fingerprint density at radius 1 is 1.27 bits per heavy atom. The molecule has 0 spiro atoms. The Kier molecular flexibility index (Phi) is 5.44. The van der Waals surface area contributed by atoms with Crippen LogP contribution in [0.15, 0.2) is 24.3 Å². The van der Waals surface area contributed by atoms with E-state index >= 15 is 0 Å². The van der Waals surface area contributed by atoms with E-state index < -0.39 is 10.2 Å². The first-order valence-electron chi connectivity index (χ1n) is 7.45. The molecule has 0 bridgehead atoms. The van der Waals surface area contributed by atoms with E-state index in [9.17, 15) is 8.42 Å². The summed E-state index contributed by atoms with van der Waals surface area (Å²) in [4.78, 5) is 2.17. The molecule has 2 rings (SSSR count). The number of piperazine rings is 1. The van der Waals surface area contributed by atoms with Crippen molar-refractivity contribution in [3.63, 3.8) is 0 Å². The minimum absolute atomic E-state index is 0.0198. The smallest absolute Gasteiger partial charge is 0.279 e. The van der Waals surface area contributed by atoms with Gasteiger partial charge in [0.2, 0.25) is 0 Å². The van der Waals surface area contributed by atoms with Crippen LogP contribution in [-0.4, -0.2) is 57.5 Å². The third-order valence-corrected chi connectivity index (χ3v) is 5.61. The molecule has 0 radical (unpaired) electrons. The van der Waals surface area contributed by atoms with Gasteiger partial charge in [-0.3, -0.25) is 4.90 Å². The number of nitrogens with zero attached hydrogens (tertiary/aromatic N) is 2. The number of ether oxygens (including phenoxy) is 1. The molecule has 1 atom stereocenters. The van der Waals surface area contributed by atoms with Crippen LogP contribution in [0.5, 0.6) is 5.75 Å². The van der Waals surface area contributed by atoms with Crippen molar-refractivity contribution in [3.05, 3.63) is 29.8 Å². The summed E-state index contributed by atoms with van der Waals surface area (Å²) in [5.74, 6) is 0.787. The van der Waals surface area contributed by atoms with Crippen molar-refractivity contribution in [2.45, 2.75) is 25.9 Å². The van der Waals surface area contributed by atoms with Gasteiger partial charge in [-0.2, -0.15) is 17.4 Å². The summed E-state index contributed by atoms with van der Waals surface area (Å²) in [5, 5.41) is 0. The maximum Gasteiger partial charge on any atom is 0.279 e. The van der Waals surface area contributed by atoms with Crippen LogP contribution >= 0.6 is 0 Å². The summed E-state index contributed by atoms with van der Waals surface area (Å²) in [7, 11) is 0.196. The lowest BCUT2D eigenvalue weighted by atomic mass is 10.0. The van der Waals surface area contributed by atoms with Crippen LogP contribution in [0.4, 0.5) is 0 Å². The standard InChI is InChI=1S/C15H25N3O3S/c1-12(2)16-22(19,20)18-10-9-17(3)14(11-18)13-7-5-6-8-15(13)21-4/h5-8,12,14,16H,9-11H2,1-4H3. The number of hydrogen-bond acceptors (Lipinski definition) is 4. The SMILES string of the molecule is COc1ccccc1C1CN(S(=O)(=O)NC(C)C)CCN1C. The van der Waals surface area contributed by atoms with Gasteiger partial charge in [-0.15, -0.1) is 0 Å². The van der Waals surface area contributed by atoms with Crippen molar-refractivity contribution in [2.24, 2.45) is 0 Å². The predicted octanol–water partition coefficient (Wildman–Crippen LogP) is 1.23. The van der Waals surface area contributed by atoms with Gasteiger partial charge in [0.1, 0.15) is 5.75 Å². The zero-order valence-corrected chi connectivity index (χ0v) is 14.4. The van der Waals surface area contributed by atoms with E-state index in [0.29, 0.717) is 19.6 Å². The maximum absolute atomic E-state index is 12.4. The third-order valence-electron chi connectivity index (χ3n) is 3.83. The van der Waals surface area contributed by atoms with Crippen LogP contribution in [0, 0.1) is 0 Å². The average Bonchev–Trinajstić information content (AvgIpc) is 2.46. The van der Waals surface area contributed by atoms with Gasteiger partial charge in [0.25, 0.3) is 10.2 Å². The molecule has 7 heteroatoms. The molecule has 1 aromatic rings. The van der Waals surface area contributed by atoms with Gasteiger partial charge in [0.15, 0.2) is 0 Å². The van der Waals surface area contributed by atoms with Gasteiger partial charge in [-0.1, -0.05) is 18.2 Å². The Hall–Kier alpha value is -1.15. The molecule has 1 N–H and O–H groups in total. The molecule has 1 aromatic carbocycles. The summed E-state index contributed by atoms with van der Waals surface area (Å²) in [6.45, 7) is 5.24. The van der Waals surface area contributed by atoms with Crippen molar-refractivity contribution in [1.29, 1.82) is 0 Å². The second-order valence-corrected chi connectivity index (χ2v) is 7.58. The van der Waals surface area contributed by atoms with E-state index in [1.165, 1.54) is 4.31 Å². The van der Waals surface area contributed by atoms with Crippen molar-refractivity contribution >= 4 is 10.2 Å². The molecule has 1 saturated heterocycles. The van der Waals surface area contributed by atoms with Gasteiger partial charge in [0.05, 0.1) is 13.2 Å². The summed E-state index contributed by atoms with van der Waals surface area (Å²) in [6.07, 6.45) is 0. The van der Waals surface area contributed by atoms with E-state index in [0.717, 1.165) is 11.3 Å². The van der Waals surface area contributed by atoms with Crippen LogP contribution in [0.25, 0.3) is 0 Å². The van der Waals surface area contributed by atoms with Crippen molar-refractivity contribution in [2.75, 3.05) is 33.8 Å². The normalized spacial score (nSPS) is 21.2. The minimum atomic E-state index is -3.45. The van der Waals surface area contributed by atoms with Gasteiger partial charge < -0.3 is 4.74 Å². The monoisotopic (exact) mass is 327 g/mol. The number of rotatable bonds is 5. The lowest BCUT2D eigenvalue weighted by Gasteiger charge is -2.39. The average molecular weight is 327 g/mol. The van der Waals surface area contributed by atoms with E-state index in [1.54, 1.807) is 7.11 Å². The van der Waals surface area contributed by atoms with Crippen LogP contribution in [0.2, 0.25) is 0 Å². The van der Waals surface area contributed by atoms with Crippen LogP contribution in [0.3, 0.4) is 0 Å².